The van der Waals surface area contributed by atoms with Crippen molar-refractivity contribution in [3.8, 4) is 0 Å². The Labute approximate surface area is 258 Å². The van der Waals surface area contributed by atoms with Crippen molar-refractivity contribution in [1.29, 1.82) is 0 Å². The molecule has 218 valence electrons. The summed E-state index contributed by atoms with van der Waals surface area (Å²) in [4.78, 5) is 43.1. The van der Waals surface area contributed by atoms with Gasteiger partial charge in [0.2, 0.25) is 0 Å². The number of pyridine rings is 1. The highest BCUT2D eigenvalue weighted by atomic mass is 35.5. The van der Waals surface area contributed by atoms with Crippen LogP contribution in [0.15, 0.2) is 47.9 Å². The zero-order valence-electron chi connectivity index (χ0n) is 22.8. The number of hydrogen-bond donors (Lipinski definition) is 3. The molecule has 0 bridgehead atoms. The third-order valence-electron chi connectivity index (χ3n) is 8.28. The Balaban J connectivity index is 1.39. The van der Waals surface area contributed by atoms with E-state index < -0.39 is 23.3 Å². The molecule has 1 aromatic heterocycles. The number of carbonyl (C=O) groups excluding carboxylic acids is 2. The smallest absolute Gasteiger partial charge is 0.326 e. The van der Waals surface area contributed by atoms with E-state index in [-0.39, 0.29) is 31.9 Å². The first-order valence-electron chi connectivity index (χ1n) is 14.0. The lowest BCUT2D eigenvalue weighted by Crippen LogP contribution is -2.56. The number of Topliss-reactive ketones (excluding diaryl/α,β-unsaturated/α-hetero) is 1. The van der Waals surface area contributed by atoms with E-state index in [1.807, 2.05) is 19.1 Å². The maximum atomic E-state index is 13.7. The minimum Gasteiger partial charge on any atom is -0.480 e. The van der Waals surface area contributed by atoms with Crippen LogP contribution in [0.5, 0.6) is 0 Å². The van der Waals surface area contributed by atoms with Gasteiger partial charge in [0.05, 0.1) is 25.6 Å². The Morgan fingerprint density at radius 3 is 2.27 bits per heavy atom. The van der Waals surface area contributed by atoms with Crippen LogP contribution in [0.1, 0.15) is 73.7 Å². The molecule has 1 unspecified atom stereocenters. The zero-order chi connectivity index (χ0) is 29.1. The number of allylic oxidation sites excluding steroid dienone is 1. The van der Waals surface area contributed by atoms with Gasteiger partial charge in [-0.15, -0.1) is 23.5 Å². The number of hydrogen-bond acceptors (Lipinski definition) is 7. The standard InChI is InChI=1S/C30H33Cl2N3O4S2/c1-2-19(17-7-9-18(10-8-17)34-27(37)22-20(31)15-33-16-21(22)32)24(28(38)39)35-25-23(29-40-13-6-14-41-29)26(36)30(25)11-4-3-5-12-30/h7-10,15-16,19,24,29,35H,2-6,11-14H2,1H3,(H,34,37)(H,38,39)/t19?,24-/m0/s1. The van der Waals surface area contributed by atoms with Gasteiger partial charge in [0.1, 0.15) is 6.04 Å². The minimum atomic E-state index is -0.947. The average Bonchev–Trinajstić information content (AvgIpc) is 2.98. The summed E-state index contributed by atoms with van der Waals surface area (Å²) in [5, 5.41) is 17.0. The average molecular weight is 635 g/mol. The van der Waals surface area contributed by atoms with Crippen LogP contribution in [0.3, 0.4) is 0 Å². The van der Waals surface area contributed by atoms with Crippen LogP contribution in [0, 0.1) is 5.41 Å². The van der Waals surface area contributed by atoms with E-state index in [9.17, 15) is 19.5 Å². The molecule has 2 aromatic rings. The number of aliphatic carboxylic acids is 1. The van der Waals surface area contributed by atoms with Crippen LogP contribution >= 0.6 is 46.7 Å². The van der Waals surface area contributed by atoms with Gasteiger partial charge < -0.3 is 15.7 Å². The minimum absolute atomic E-state index is 0.0612. The Morgan fingerprint density at radius 2 is 1.68 bits per heavy atom. The maximum absolute atomic E-state index is 13.7. The number of thioether (sulfide) groups is 2. The number of carbonyl (C=O) groups is 3. The molecule has 1 spiro atoms. The summed E-state index contributed by atoms with van der Waals surface area (Å²) in [6, 6.07) is 6.26. The summed E-state index contributed by atoms with van der Waals surface area (Å²) in [6.07, 6.45) is 9.04. The highest BCUT2D eigenvalue weighted by molar-refractivity contribution is 8.17. The third kappa shape index (κ3) is 6.01. The van der Waals surface area contributed by atoms with Crippen molar-refractivity contribution in [2.24, 2.45) is 5.41 Å². The predicted molar refractivity (Wildman–Crippen MR) is 167 cm³/mol. The summed E-state index contributed by atoms with van der Waals surface area (Å²) < 4.78 is 0.0612. The van der Waals surface area contributed by atoms with E-state index in [2.05, 4.69) is 15.6 Å². The Kier molecular flexibility index (Phi) is 9.58. The first-order chi connectivity index (χ1) is 19.8. The first kappa shape index (κ1) is 30.3. The van der Waals surface area contributed by atoms with E-state index in [0.717, 1.165) is 66.9 Å². The summed E-state index contributed by atoms with van der Waals surface area (Å²) in [5.41, 5.74) is 2.60. The quantitative estimate of drug-likeness (QED) is 0.267. The van der Waals surface area contributed by atoms with Gasteiger partial charge in [0.15, 0.2) is 5.78 Å². The number of anilines is 1. The van der Waals surface area contributed by atoms with Crippen LogP contribution < -0.4 is 10.6 Å². The van der Waals surface area contributed by atoms with Gasteiger partial charge in [-0.2, -0.15) is 0 Å². The summed E-state index contributed by atoms with van der Waals surface area (Å²) in [5.74, 6) is 0.486. The second kappa shape index (κ2) is 13.0. The van der Waals surface area contributed by atoms with Crippen molar-refractivity contribution in [3.63, 3.8) is 0 Å². The molecule has 3 N–H and O–H groups in total. The van der Waals surface area contributed by atoms with Crippen molar-refractivity contribution in [1.82, 2.24) is 10.3 Å². The van der Waals surface area contributed by atoms with Crippen molar-refractivity contribution in [3.05, 3.63) is 69.1 Å². The van der Waals surface area contributed by atoms with Gasteiger partial charge in [-0.1, -0.05) is 61.5 Å². The number of rotatable bonds is 9. The second-order valence-corrected chi connectivity index (χ2v) is 14.3. The SMILES string of the molecule is CCC(c1ccc(NC(=O)c2c(Cl)cncc2Cl)cc1)[C@H](NC1=C(C2SCCCS2)C(=O)C12CCCCC2)C(=O)O. The van der Waals surface area contributed by atoms with Crippen LogP contribution in [0.25, 0.3) is 0 Å². The lowest BCUT2D eigenvalue weighted by molar-refractivity contribution is -0.141. The van der Waals surface area contributed by atoms with E-state index in [4.69, 9.17) is 23.2 Å². The van der Waals surface area contributed by atoms with Gasteiger partial charge in [0.25, 0.3) is 5.91 Å². The Morgan fingerprint density at radius 1 is 1.05 bits per heavy atom. The van der Waals surface area contributed by atoms with Crippen molar-refractivity contribution in [2.45, 2.75) is 68.4 Å². The molecular weight excluding hydrogens is 601 g/mol. The van der Waals surface area contributed by atoms with Gasteiger partial charge in [-0.05, 0) is 54.9 Å². The molecule has 0 radical (unpaired) electrons. The van der Waals surface area contributed by atoms with Crippen LogP contribution in [0.2, 0.25) is 10.0 Å². The predicted octanol–water partition coefficient (Wildman–Crippen LogP) is 7.16. The van der Waals surface area contributed by atoms with E-state index >= 15 is 0 Å². The molecule has 1 amide bonds. The molecule has 41 heavy (non-hydrogen) atoms. The fraction of sp³-hybridized carbons (Fsp3) is 0.467. The molecule has 2 atom stereocenters. The van der Waals surface area contributed by atoms with Crippen LogP contribution in [-0.2, 0) is 9.59 Å². The molecule has 2 aliphatic carbocycles. The summed E-state index contributed by atoms with van der Waals surface area (Å²) in [7, 11) is 0. The molecule has 5 rings (SSSR count). The molecule has 11 heteroatoms. The highest BCUT2D eigenvalue weighted by Gasteiger charge is 2.56. The number of halogens is 2. The molecule has 3 aliphatic rings. The fourth-order valence-electron chi connectivity index (χ4n) is 6.20. The largest absolute Gasteiger partial charge is 0.480 e. The van der Waals surface area contributed by atoms with Crippen molar-refractivity contribution in [2.75, 3.05) is 16.8 Å². The summed E-state index contributed by atoms with van der Waals surface area (Å²) >= 11 is 15.8. The number of ketones is 1. The first-order valence-corrected chi connectivity index (χ1v) is 16.8. The second-order valence-electron chi connectivity index (χ2n) is 10.7. The Hall–Kier alpha value is -2.20. The van der Waals surface area contributed by atoms with E-state index in [1.54, 1.807) is 35.7 Å². The lowest BCUT2D eigenvalue weighted by atomic mass is 9.59. The van der Waals surface area contributed by atoms with Gasteiger partial charge in [-0.3, -0.25) is 14.6 Å². The summed E-state index contributed by atoms with van der Waals surface area (Å²) in [6.45, 7) is 1.97. The van der Waals surface area contributed by atoms with Crippen molar-refractivity contribution < 1.29 is 19.5 Å². The molecule has 7 nitrogen and oxygen atoms in total. The zero-order valence-corrected chi connectivity index (χ0v) is 25.9. The van der Waals surface area contributed by atoms with Gasteiger partial charge in [-0.25, -0.2) is 4.79 Å². The molecule has 2 heterocycles. The third-order valence-corrected chi connectivity index (χ3v) is 11.8. The normalized spacial score (nSPS) is 20.3. The molecule has 1 aromatic carbocycles. The van der Waals surface area contributed by atoms with E-state index in [1.165, 1.54) is 12.4 Å². The maximum Gasteiger partial charge on any atom is 0.326 e. The van der Waals surface area contributed by atoms with Gasteiger partial charge in [0, 0.05) is 35.3 Å². The van der Waals surface area contributed by atoms with Crippen LogP contribution in [0.4, 0.5) is 5.69 Å². The van der Waals surface area contributed by atoms with Crippen molar-refractivity contribution >= 4 is 70.1 Å². The molecule has 1 saturated heterocycles. The number of aromatic nitrogens is 1. The van der Waals surface area contributed by atoms with Gasteiger partial charge >= 0.3 is 5.97 Å². The number of carboxylic acid groups (broad SMARTS) is 1. The number of benzene rings is 1. The molecule has 1 saturated carbocycles. The molecular formula is C30H33Cl2N3O4S2. The number of carboxylic acids is 1. The number of nitrogens with zero attached hydrogens (tertiary/aromatic N) is 1. The Bertz CT molecular complexity index is 1340. The number of amides is 1. The van der Waals surface area contributed by atoms with Crippen LogP contribution in [-0.4, -0.2) is 49.9 Å². The molecule has 1 aliphatic heterocycles. The monoisotopic (exact) mass is 633 g/mol. The fourth-order valence-corrected chi connectivity index (χ4v) is 9.71. The topological polar surface area (TPSA) is 108 Å². The molecule has 2 fully saturated rings. The number of nitrogens with one attached hydrogen (secondary N) is 2. The highest BCUT2D eigenvalue weighted by Crippen LogP contribution is 2.56. The lowest BCUT2D eigenvalue weighted by Gasteiger charge is -2.50. The van der Waals surface area contributed by atoms with E-state index in [0.29, 0.717) is 12.1 Å².